The number of piperidine rings is 1. The third-order valence-electron chi connectivity index (χ3n) is 4.66. The van der Waals surface area contributed by atoms with E-state index in [1.807, 2.05) is 30.3 Å². The number of carbonyl (C=O) groups excluding carboxylic acids is 1. The Morgan fingerprint density at radius 3 is 2.74 bits per heavy atom. The van der Waals surface area contributed by atoms with Crippen LogP contribution >= 0.6 is 24.0 Å². The Morgan fingerprint density at radius 2 is 2.11 bits per heavy atom. The van der Waals surface area contributed by atoms with Crippen molar-refractivity contribution in [1.29, 1.82) is 0 Å². The van der Waals surface area contributed by atoms with Gasteiger partial charge in [-0.15, -0.1) is 30.6 Å². The van der Waals surface area contributed by atoms with Gasteiger partial charge in [-0.05, 0) is 37.0 Å². The lowest BCUT2D eigenvalue weighted by Crippen LogP contribution is -2.49. The Kier molecular flexibility index (Phi) is 11.0. The molecular formula is C20H32IN5O. The first-order valence-electron chi connectivity index (χ1n) is 9.27. The zero-order valence-electron chi connectivity index (χ0n) is 16.3. The van der Waals surface area contributed by atoms with Gasteiger partial charge in [-0.25, -0.2) is 0 Å². The topological polar surface area (TPSA) is 68.8 Å². The molecule has 1 aliphatic heterocycles. The molecule has 6 nitrogen and oxygen atoms in total. The Hall–Kier alpha value is -1.61. The summed E-state index contributed by atoms with van der Waals surface area (Å²) < 4.78 is 0. The van der Waals surface area contributed by atoms with Crippen LogP contribution in [0.2, 0.25) is 0 Å². The van der Waals surface area contributed by atoms with E-state index in [4.69, 9.17) is 0 Å². The monoisotopic (exact) mass is 485 g/mol. The number of benzene rings is 1. The minimum absolute atomic E-state index is 0. The predicted octanol–water partition coefficient (Wildman–Crippen LogP) is 2.02. The third-order valence-corrected chi connectivity index (χ3v) is 4.66. The second kappa shape index (κ2) is 12.7. The average Bonchev–Trinajstić information content (AvgIpc) is 2.68. The maximum absolute atomic E-state index is 11.7. The first kappa shape index (κ1) is 23.4. The second-order valence-electron chi connectivity index (χ2n) is 6.54. The molecule has 150 valence electrons. The van der Waals surface area contributed by atoms with Crippen LogP contribution in [0, 0.1) is 0 Å². The van der Waals surface area contributed by atoms with Crippen molar-refractivity contribution in [3.05, 3.63) is 48.0 Å². The van der Waals surface area contributed by atoms with E-state index in [9.17, 15) is 4.79 Å². The third kappa shape index (κ3) is 7.88. The van der Waals surface area contributed by atoms with Crippen molar-refractivity contribution < 1.29 is 4.79 Å². The van der Waals surface area contributed by atoms with Crippen molar-refractivity contribution in [2.75, 3.05) is 40.3 Å². The highest BCUT2D eigenvalue weighted by molar-refractivity contribution is 14.0. The first-order chi connectivity index (χ1) is 12.7. The van der Waals surface area contributed by atoms with Gasteiger partial charge in [0, 0.05) is 51.9 Å². The van der Waals surface area contributed by atoms with Gasteiger partial charge in [0.25, 0.3) is 5.91 Å². The molecule has 1 amide bonds. The average molecular weight is 485 g/mol. The van der Waals surface area contributed by atoms with E-state index in [1.165, 1.54) is 0 Å². The number of likely N-dealkylation sites (tertiary alicyclic amines) is 1. The molecule has 27 heavy (non-hydrogen) atoms. The van der Waals surface area contributed by atoms with Crippen molar-refractivity contribution in [2.45, 2.75) is 25.3 Å². The minimum atomic E-state index is -0.0555. The molecule has 1 aliphatic rings. The number of hydrogen-bond donors (Lipinski definition) is 3. The van der Waals surface area contributed by atoms with E-state index in [2.05, 4.69) is 32.4 Å². The fraction of sp³-hybridized carbons (Fsp3) is 0.500. The number of halogens is 1. The summed E-state index contributed by atoms with van der Waals surface area (Å²) in [5, 5.41) is 9.54. The van der Waals surface area contributed by atoms with Gasteiger partial charge in [-0.2, -0.15) is 0 Å². The van der Waals surface area contributed by atoms with Crippen molar-refractivity contribution in [3.63, 3.8) is 0 Å². The molecule has 0 aliphatic carbocycles. The van der Waals surface area contributed by atoms with Crippen LogP contribution in [0.3, 0.4) is 0 Å². The number of aliphatic imine (C=N–C) groups is 1. The van der Waals surface area contributed by atoms with Gasteiger partial charge in [-0.3, -0.25) is 14.7 Å². The smallest absolute Gasteiger partial charge is 0.251 e. The lowest BCUT2D eigenvalue weighted by atomic mass is 10.1. The molecule has 0 atom stereocenters. The molecule has 1 saturated heterocycles. The summed E-state index contributed by atoms with van der Waals surface area (Å²) in [7, 11) is 3.45. The second-order valence-corrected chi connectivity index (χ2v) is 6.54. The minimum Gasteiger partial charge on any atom is -0.356 e. The SMILES string of the molecule is C=CCN1CCC(NC(=NC)NCCc2cccc(C(=O)NC)c2)CC1.I. The number of hydrogen-bond acceptors (Lipinski definition) is 3. The van der Waals surface area contributed by atoms with Crippen LogP contribution in [0.4, 0.5) is 0 Å². The number of nitrogens with one attached hydrogen (secondary N) is 3. The van der Waals surface area contributed by atoms with Gasteiger partial charge in [0.05, 0.1) is 0 Å². The molecule has 0 aromatic heterocycles. The Labute approximate surface area is 179 Å². The molecule has 0 saturated carbocycles. The Balaban J connectivity index is 0.00000364. The lowest BCUT2D eigenvalue weighted by Gasteiger charge is -2.32. The molecule has 1 aromatic rings. The van der Waals surface area contributed by atoms with E-state index < -0.39 is 0 Å². The highest BCUT2D eigenvalue weighted by Crippen LogP contribution is 2.10. The van der Waals surface area contributed by atoms with Crippen molar-refractivity contribution in [2.24, 2.45) is 4.99 Å². The molecule has 3 N–H and O–H groups in total. The molecule has 7 heteroatoms. The normalized spacial score (nSPS) is 15.6. The molecule has 2 rings (SSSR count). The Bertz CT molecular complexity index is 627. The lowest BCUT2D eigenvalue weighted by molar-refractivity contribution is 0.0963. The van der Waals surface area contributed by atoms with E-state index in [0.717, 1.165) is 57.0 Å². The predicted molar refractivity (Wildman–Crippen MR) is 123 cm³/mol. The van der Waals surface area contributed by atoms with E-state index in [0.29, 0.717) is 11.6 Å². The van der Waals surface area contributed by atoms with Crippen LogP contribution in [-0.4, -0.2) is 63.1 Å². The van der Waals surface area contributed by atoms with Crippen LogP contribution < -0.4 is 16.0 Å². The highest BCUT2D eigenvalue weighted by atomic mass is 127. The van der Waals surface area contributed by atoms with Crippen molar-refractivity contribution in [1.82, 2.24) is 20.9 Å². The fourth-order valence-corrected chi connectivity index (χ4v) is 3.17. The van der Waals surface area contributed by atoms with Gasteiger partial charge in [0.2, 0.25) is 0 Å². The van der Waals surface area contributed by atoms with Crippen LogP contribution in [0.25, 0.3) is 0 Å². The van der Waals surface area contributed by atoms with Crippen molar-refractivity contribution >= 4 is 35.8 Å². The summed E-state index contributed by atoms with van der Waals surface area (Å²) in [6.45, 7) is 7.72. The summed E-state index contributed by atoms with van der Waals surface area (Å²) in [4.78, 5) is 18.5. The first-order valence-corrected chi connectivity index (χ1v) is 9.27. The summed E-state index contributed by atoms with van der Waals surface area (Å²) in [5.74, 6) is 0.787. The molecule has 0 bridgehead atoms. The van der Waals surface area contributed by atoms with Crippen LogP contribution in [0.15, 0.2) is 41.9 Å². The molecule has 0 unspecified atom stereocenters. The number of rotatable bonds is 7. The Morgan fingerprint density at radius 1 is 1.37 bits per heavy atom. The van der Waals surface area contributed by atoms with E-state index >= 15 is 0 Å². The van der Waals surface area contributed by atoms with Gasteiger partial charge in [-0.1, -0.05) is 18.2 Å². The van der Waals surface area contributed by atoms with Crippen molar-refractivity contribution in [3.8, 4) is 0 Å². The maximum atomic E-state index is 11.7. The largest absolute Gasteiger partial charge is 0.356 e. The van der Waals surface area contributed by atoms with Gasteiger partial charge < -0.3 is 16.0 Å². The van der Waals surface area contributed by atoms with Crippen LogP contribution in [0.5, 0.6) is 0 Å². The summed E-state index contributed by atoms with van der Waals surface area (Å²) in [6, 6.07) is 8.18. The molecule has 0 radical (unpaired) electrons. The molecule has 0 spiro atoms. The van der Waals surface area contributed by atoms with Gasteiger partial charge >= 0.3 is 0 Å². The number of carbonyl (C=O) groups is 1. The van der Waals surface area contributed by atoms with E-state index in [-0.39, 0.29) is 29.9 Å². The quantitative estimate of drug-likeness (QED) is 0.239. The zero-order valence-corrected chi connectivity index (χ0v) is 18.7. The van der Waals surface area contributed by atoms with Crippen LogP contribution in [-0.2, 0) is 6.42 Å². The van der Waals surface area contributed by atoms with Gasteiger partial charge in [0.1, 0.15) is 0 Å². The maximum Gasteiger partial charge on any atom is 0.251 e. The number of guanidine groups is 1. The summed E-state index contributed by atoms with van der Waals surface area (Å²) >= 11 is 0. The number of nitrogens with zero attached hydrogens (tertiary/aromatic N) is 2. The summed E-state index contributed by atoms with van der Waals surface area (Å²) in [5.41, 5.74) is 1.82. The van der Waals surface area contributed by atoms with Crippen LogP contribution in [0.1, 0.15) is 28.8 Å². The standard InChI is InChI=1S/C20H31N5O.HI/c1-4-12-25-13-9-18(10-14-25)24-20(22-3)23-11-8-16-6-5-7-17(15-16)19(26)21-2;/h4-7,15,18H,1,8-14H2,2-3H3,(H,21,26)(H2,22,23,24);1H. The molecular weight excluding hydrogens is 453 g/mol. The molecule has 1 heterocycles. The fourth-order valence-electron chi connectivity index (χ4n) is 3.17. The zero-order chi connectivity index (χ0) is 18.8. The summed E-state index contributed by atoms with van der Waals surface area (Å²) in [6.07, 6.45) is 5.03. The molecule has 1 fully saturated rings. The number of amides is 1. The van der Waals surface area contributed by atoms with Gasteiger partial charge in [0.15, 0.2) is 5.96 Å². The molecule has 1 aromatic carbocycles. The highest BCUT2D eigenvalue weighted by Gasteiger charge is 2.18. The van der Waals surface area contributed by atoms with E-state index in [1.54, 1.807) is 14.1 Å².